The van der Waals surface area contributed by atoms with Crippen molar-refractivity contribution in [2.24, 2.45) is 0 Å². The first-order valence-electron chi connectivity index (χ1n) is 16.0. The number of halogens is 3. The predicted molar refractivity (Wildman–Crippen MR) is 173 cm³/mol. The lowest BCUT2D eigenvalue weighted by atomic mass is 9.89. The Bertz CT molecular complexity index is 1840. The van der Waals surface area contributed by atoms with Crippen molar-refractivity contribution >= 4 is 0 Å². The SMILES string of the molecule is Fc1cc(-c2cn([C@H]3[C@@H](OCc4ccccc4)[C@@H](COCc4ccccc4)O[C@]4(C=CCO4)[C@@H]3OCc3ccccc3)nn2)cc(F)c1F. The first-order chi connectivity index (χ1) is 24.0. The number of aromatic nitrogens is 3. The summed E-state index contributed by atoms with van der Waals surface area (Å²) in [7, 11) is 0. The fourth-order valence-corrected chi connectivity index (χ4v) is 6.18. The molecule has 2 aliphatic rings. The van der Waals surface area contributed by atoms with Crippen molar-refractivity contribution < 1.29 is 36.9 Å². The monoisotopic (exact) mass is 669 g/mol. The number of nitrogens with zero attached hydrogens (tertiary/aromatic N) is 3. The zero-order valence-corrected chi connectivity index (χ0v) is 26.4. The molecule has 0 saturated carbocycles. The second kappa shape index (κ2) is 14.9. The van der Waals surface area contributed by atoms with Gasteiger partial charge in [-0.2, -0.15) is 0 Å². The second-order valence-electron chi connectivity index (χ2n) is 11.9. The van der Waals surface area contributed by atoms with Gasteiger partial charge in [-0.05, 0) is 34.9 Å². The molecule has 49 heavy (non-hydrogen) atoms. The Kier molecular flexibility index (Phi) is 9.97. The first kappa shape index (κ1) is 32.9. The Morgan fingerprint density at radius 2 is 1.37 bits per heavy atom. The van der Waals surface area contributed by atoms with Gasteiger partial charge in [-0.3, -0.25) is 0 Å². The van der Waals surface area contributed by atoms with E-state index in [1.54, 1.807) is 4.68 Å². The van der Waals surface area contributed by atoms with Crippen LogP contribution in [-0.4, -0.2) is 52.3 Å². The van der Waals surface area contributed by atoms with Crippen LogP contribution in [0.1, 0.15) is 22.7 Å². The van der Waals surface area contributed by atoms with Gasteiger partial charge in [0.2, 0.25) is 5.79 Å². The Morgan fingerprint density at radius 1 is 0.776 bits per heavy atom. The zero-order valence-electron chi connectivity index (χ0n) is 26.4. The molecule has 252 valence electrons. The van der Waals surface area contributed by atoms with Gasteiger partial charge in [0.15, 0.2) is 17.5 Å². The van der Waals surface area contributed by atoms with Crippen molar-refractivity contribution in [3.63, 3.8) is 0 Å². The van der Waals surface area contributed by atoms with Crippen LogP contribution in [0.25, 0.3) is 11.3 Å². The molecule has 1 aromatic heterocycles. The standard InChI is InChI=1S/C38H34F3N3O5/c39-30-19-29(20-31(40)34(30)41)32-21-44(43-42-32)35-36(46-23-27-13-6-2-7-14-27)33(25-45-22-26-11-4-1-5-12-26)49-38(17-10-18-48-38)37(35)47-24-28-15-8-3-9-16-28/h1-17,19-21,33,35-37H,18,22-25H2/t33-,35+,36+,37-,38-/m1/s1. The van der Waals surface area contributed by atoms with Crippen LogP contribution in [0.15, 0.2) is 121 Å². The molecule has 0 radical (unpaired) electrons. The van der Waals surface area contributed by atoms with E-state index in [9.17, 15) is 13.2 Å². The molecule has 5 aromatic rings. The molecule has 5 atom stereocenters. The van der Waals surface area contributed by atoms with Gasteiger partial charge in [-0.25, -0.2) is 17.9 Å². The third kappa shape index (κ3) is 7.36. The largest absolute Gasteiger partial charge is 0.374 e. The van der Waals surface area contributed by atoms with Crippen molar-refractivity contribution in [2.75, 3.05) is 13.2 Å². The van der Waals surface area contributed by atoms with E-state index in [1.165, 1.54) is 6.20 Å². The summed E-state index contributed by atoms with van der Waals surface area (Å²) in [5.41, 5.74) is 2.99. The summed E-state index contributed by atoms with van der Waals surface area (Å²) < 4.78 is 76.5. The van der Waals surface area contributed by atoms with Gasteiger partial charge in [0.1, 0.15) is 30.0 Å². The maximum absolute atomic E-state index is 14.3. The lowest BCUT2D eigenvalue weighted by Crippen LogP contribution is -2.63. The summed E-state index contributed by atoms with van der Waals surface area (Å²) in [4.78, 5) is 0. The van der Waals surface area contributed by atoms with E-state index in [0.717, 1.165) is 28.8 Å². The van der Waals surface area contributed by atoms with E-state index < -0.39 is 47.6 Å². The molecule has 1 fully saturated rings. The Balaban J connectivity index is 1.28. The predicted octanol–water partition coefficient (Wildman–Crippen LogP) is 6.97. The molecule has 0 unspecified atom stereocenters. The number of benzene rings is 4. The Morgan fingerprint density at radius 3 is 1.96 bits per heavy atom. The smallest absolute Gasteiger partial charge is 0.218 e. The van der Waals surface area contributed by atoms with Gasteiger partial charge in [-0.1, -0.05) is 102 Å². The summed E-state index contributed by atoms with van der Waals surface area (Å²) in [6.45, 7) is 1.18. The number of rotatable bonds is 12. The van der Waals surface area contributed by atoms with Gasteiger partial charge in [0, 0.05) is 5.56 Å². The highest BCUT2D eigenvalue weighted by Crippen LogP contribution is 2.44. The zero-order chi connectivity index (χ0) is 33.6. The molecule has 0 amide bonds. The third-order valence-electron chi connectivity index (χ3n) is 8.55. The van der Waals surface area contributed by atoms with Gasteiger partial charge in [0.05, 0.1) is 39.2 Å². The molecule has 1 saturated heterocycles. The fraction of sp³-hybridized carbons (Fsp3) is 0.263. The molecule has 11 heteroatoms. The van der Waals surface area contributed by atoms with Crippen LogP contribution in [0.2, 0.25) is 0 Å². The molecule has 4 aromatic carbocycles. The second-order valence-corrected chi connectivity index (χ2v) is 11.9. The minimum absolute atomic E-state index is 0.0210. The van der Waals surface area contributed by atoms with E-state index in [2.05, 4.69) is 10.3 Å². The van der Waals surface area contributed by atoms with Gasteiger partial charge < -0.3 is 23.7 Å². The highest BCUT2D eigenvalue weighted by Gasteiger charge is 2.58. The minimum Gasteiger partial charge on any atom is -0.374 e. The fourth-order valence-electron chi connectivity index (χ4n) is 6.18. The Labute approximate surface area is 281 Å². The van der Waals surface area contributed by atoms with Crippen molar-refractivity contribution in [3.8, 4) is 11.3 Å². The number of hydrogen-bond donors (Lipinski definition) is 0. The van der Waals surface area contributed by atoms with Gasteiger partial charge in [0.25, 0.3) is 0 Å². The van der Waals surface area contributed by atoms with E-state index in [4.69, 9.17) is 23.7 Å². The summed E-state index contributed by atoms with van der Waals surface area (Å²) in [6.07, 6.45) is 2.96. The molecular weight excluding hydrogens is 635 g/mol. The third-order valence-corrected chi connectivity index (χ3v) is 8.55. The summed E-state index contributed by atoms with van der Waals surface area (Å²) in [6, 6.07) is 30.2. The molecule has 3 heterocycles. The molecule has 0 bridgehead atoms. The van der Waals surface area contributed by atoms with Crippen molar-refractivity contribution in [1.82, 2.24) is 15.0 Å². The quantitative estimate of drug-likeness (QED) is 0.105. The first-order valence-corrected chi connectivity index (χ1v) is 16.0. The molecule has 2 aliphatic heterocycles. The van der Waals surface area contributed by atoms with Crippen LogP contribution in [0.5, 0.6) is 0 Å². The van der Waals surface area contributed by atoms with E-state index >= 15 is 0 Å². The lowest BCUT2D eigenvalue weighted by molar-refractivity contribution is -0.339. The normalized spacial score (nSPS) is 23.3. The van der Waals surface area contributed by atoms with Crippen molar-refractivity contribution in [2.45, 2.75) is 50.0 Å². The minimum atomic E-state index is -1.56. The molecule has 8 nitrogen and oxygen atoms in total. The highest BCUT2D eigenvalue weighted by atomic mass is 19.2. The van der Waals surface area contributed by atoms with Gasteiger partial charge in [-0.15, -0.1) is 5.10 Å². The molecule has 1 spiro atoms. The van der Waals surface area contributed by atoms with Crippen LogP contribution in [-0.2, 0) is 43.5 Å². The van der Waals surface area contributed by atoms with Crippen LogP contribution in [0.4, 0.5) is 13.2 Å². The maximum Gasteiger partial charge on any atom is 0.218 e. The summed E-state index contributed by atoms with van der Waals surface area (Å²) >= 11 is 0. The summed E-state index contributed by atoms with van der Waals surface area (Å²) in [5.74, 6) is -5.58. The highest BCUT2D eigenvalue weighted by molar-refractivity contribution is 5.58. The lowest BCUT2D eigenvalue weighted by Gasteiger charge is -2.50. The van der Waals surface area contributed by atoms with E-state index in [-0.39, 0.29) is 37.7 Å². The summed E-state index contributed by atoms with van der Waals surface area (Å²) in [5, 5.41) is 8.65. The van der Waals surface area contributed by atoms with Crippen LogP contribution >= 0.6 is 0 Å². The molecule has 0 aliphatic carbocycles. The van der Waals surface area contributed by atoms with E-state index in [1.807, 2.05) is 103 Å². The topological polar surface area (TPSA) is 76.9 Å². The average molecular weight is 670 g/mol. The molecular formula is C38H34F3N3O5. The number of hydrogen-bond acceptors (Lipinski definition) is 7. The van der Waals surface area contributed by atoms with Crippen LogP contribution in [0, 0.1) is 17.5 Å². The van der Waals surface area contributed by atoms with Crippen molar-refractivity contribution in [1.29, 1.82) is 0 Å². The van der Waals surface area contributed by atoms with Gasteiger partial charge >= 0.3 is 0 Å². The van der Waals surface area contributed by atoms with Crippen LogP contribution < -0.4 is 0 Å². The Hall–Kier alpha value is -4.65. The van der Waals surface area contributed by atoms with Crippen molar-refractivity contribution in [3.05, 3.63) is 156 Å². The number of ether oxygens (including phenoxy) is 5. The molecule has 0 N–H and O–H groups in total. The van der Waals surface area contributed by atoms with E-state index in [0.29, 0.717) is 6.61 Å². The maximum atomic E-state index is 14.3. The van der Waals surface area contributed by atoms with Crippen LogP contribution in [0.3, 0.4) is 0 Å². The average Bonchev–Trinajstić information content (AvgIpc) is 3.81. The molecule has 7 rings (SSSR count).